The van der Waals surface area contributed by atoms with E-state index in [2.05, 4.69) is 0 Å². The van der Waals surface area contributed by atoms with Crippen LogP contribution in [0.5, 0.6) is 0 Å². The summed E-state index contributed by atoms with van der Waals surface area (Å²) in [7, 11) is 0. The average Bonchev–Trinajstić information content (AvgIpc) is 2.20. The van der Waals surface area contributed by atoms with Gasteiger partial charge in [0.15, 0.2) is 0 Å². The van der Waals surface area contributed by atoms with E-state index in [9.17, 15) is 9.59 Å². The molecule has 1 aliphatic heterocycles. The fourth-order valence-corrected chi connectivity index (χ4v) is 0.658. The highest BCUT2D eigenvalue weighted by Gasteiger charge is 2.21. The molecular weight excluding hydrogens is 132 g/mol. The van der Waals surface area contributed by atoms with Crippen molar-refractivity contribution in [3.63, 3.8) is 0 Å². The molecule has 0 aromatic heterocycles. The van der Waals surface area contributed by atoms with Gasteiger partial charge in [-0.3, -0.25) is 14.5 Å². The summed E-state index contributed by atoms with van der Waals surface area (Å²) < 4.78 is 0. The van der Waals surface area contributed by atoms with E-state index in [4.69, 9.17) is 5.26 Å². The predicted molar refractivity (Wildman–Crippen MR) is 31.5 cm³/mol. The van der Waals surface area contributed by atoms with Gasteiger partial charge in [0.1, 0.15) is 6.54 Å². The molecule has 4 nitrogen and oxygen atoms in total. The first kappa shape index (κ1) is 6.49. The molecule has 1 heterocycles. The lowest BCUT2D eigenvalue weighted by molar-refractivity contribution is -0.135. The van der Waals surface area contributed by atoms with Crippen LogP contribution >= 0.6 is 0 Å². The Labute approximate surface area is 57.3 Å². The molecule has 0 bridgehead atoms. The van der Waals surface area contributed by atoms with Gasteiger partial charge in [0, 0.05) is 12.2 Å². The van der Waals surface area contributed by atoms with Crippen molar-refractivity contribution in [2.45, 2.75) is 0 Å². The molecule has 50 valence electrons. The van der Waals surface area contributed by atoms with E-state index in [1.54, 1.807) is 6.07 Å². The van der Waals surface area contributed by atoms with Crippen LogP contribution in [0.4, 0.5) is 0 Å². The van der Waals surface area contributed by atoms with Gasteiger partial charge < -0.3 is 0 Å². The summed E-state index contributed by atoms with van der Waals surface area (Å²) in [6.07, 6.45) is 2.30. The second kappa shape index (κ2) is 2.31. The van der Waals surface area contributed by atoms with Gasteiger partial charge in [0.25, 0.3) is 11.8 Å². The highest BCUT2D eigenvalue weighted by Crippen LogP contribution is 2.00. The van der Waals surface area contributed by atoms with E-state index in [0.29, 0.717) is 0 Å². The van der Waals surface area contributed by atoms with Crippen LogP contribution in [0.2, 0.25) is 0 Å². The molecule has 0 radical (unpaired) electrons. The highest BCUT2D eigenvalue weighted by molar-refractivity contribution is 6.13. The van der Waals surface area contributed by atoms with Crippen molar-refractivity contribution in [1.29, 1.82) is 5.26 Å². The second-order valence-electron chi connectivity index (χ2n) is 1.75. The Balaban J connectivity index is 2.72. The first-order chi connectivity index (χ1) is 4.75. The monoisotopic (exact) mass is 136 g/mol. The SMILES string of the molecule is N#CCN1C(=O)C=CC1=O. The van der Waals surface area contributed by atoms with Crippen molar-refractivity contribution in [3.8, 4) is 6.07 Å². The molecule has 4 heteroatoms. The van der Waals surface area contributed by atoms with Crippen molar-refractivity contribution in [2.24, 2.45) is 0 Å². The summed E-state index contributed by atoms with van der Waals surface area (Å²) in [4.78, 5) is 22.2. The normalized spacial score (nSPS) is 16.1. The van der Waals surface area contributed by atoms with Crippen molar-refractivity contribution < 1.29 is 9.59 Å². The topological polar surface area (TPSA) is 61.2 Å². The van der Waals surface area contributed by atoms with Crippen LogP contribution in [0.15, 0.2) is 12.2 Å². The molecule has 10 heavy (non-hydrogen) atoms. The summed E-state index contributed by atoms with van der Waals surface area (Å²) in [5, 5.41) is 8.14. The Morgan fingerprint density at radius 3 is 2.30 bits per heavy atom. The van der Waals surface area contributed by atoms with Crippen molar-refractivity contribution in [1.82, 2.24) is 4.90 Å². The standard InChI is InChI=1S/C6H4N2O2/c7-3-4-8-5(9)1-2-6(8)10/h1-2H,4H2. The van der Waals surface area contributed by atoms with Gasteiger partial charge in [-0.05, 0) is 0 Å². The minimum atomic E-state index is -0.411. The lowest BCUT2D eigenvalue weighted by atomic mass is 10.5. The van der Waals surface area contributed by atoms with Crippen LogP contribution in [0.25, 0.3) is 0 Å². The van der Waals surface area contributed by atoms with Crippen molar-refractivity contribution in [3.05, 3.63) is 12.2 Å². The third-order valence-electron chi connectivity index (χ3n) is 1.13. The number of hydrogen-bond acceptors (Lipinski definition) is 3. The fraction of sp³-hybridized carbons (Fsp3) is 0.167. The van der Waals surface area contributed by atoms with E-state index in [0.717, 1.165) is 17.1 Å². The Bertz CT molecular complexity index is 231. The molecule has 1 aliphatic rings. The quantitative estimate of drug-likeness (QED) is 0.358. The molecular formula is C6H4N2O2. The molecule has 0 aliphatic carbocycles. The maximum Gasteiger partial charge on any atom is 0.254 e. The molecule has 2 amide bonds. The number of carbonyl (C=O) groups excluding carboxylic acids is 2. The fourth-order valence-electron chi connectivity index (χ4n) is 0.658. The van der Waals surface area contributed by atoms with E-state index in [-0.39, 0.29) is 6.54 Å². The number of imide groups is 1. The zero-order valence-corrected chi connectivity index (χ0v) is 5.07. The lowest BCUT2D eigenvalue weighted by Crippen LogP contribution is -2.29. The van der Waals surface area contributed by atoms with Crippen molar-refractivity contribution in [2.75, 3.05) is 6.54 Å². The van der Waals surface area contributed by atoms with Gasteiger partial charge in [-0.1, -0.05) is 0 Å². The van der Waals surface area contributed by atoms with Gasteiger partial charge in [0.05, 0.1) is 6.07 Å². The maximum absolute atomic E-state index is 10.6. The predicted octanol–water partition coefficient (Wildman–Crippen LogP) is -0.565. The lowest BCUT2D eigenvalue weighted by Gasteiger charge is -2.06. The molecule has 0 aromatic rings. The van der Waals surface area contributed by atoms with Gasteiger partial charge >= 0.3 is 0 Å². The second-order valence-corrected chi connectivity index (χ2v) is 1.75. The molecule has 0 saturated heterocycles. The smallest absolute Gasteiger partial charge is 0.254 e. The summed E-state index contributed by atoms with van der Waals surface area (Å²) in [5.74, 6) is -0.821. The Morgan fingerprint density at radius 1 is 1.40 bits per heavy atom. The van der Waals surface area contributed by atoms with Crippen LogP contribution in [0.1, 0.15) is 0 Å². The average molecular weight is 136 g/mol. The third-order valence-corrected chi connectivity index (χ3v) is 1.13. The first-order valence-corrected chi connectivity index (χ1v) is 2.66. The number of amides is 2. The number of hydrogen-bond donors (Lipinski definition) is 0. The molecule has 0 aromatic carbocycles. The Kier molecular flexibility index (Phi) is 1.50. The van der Waals surface area contributed by atoms with E-state index < -0.39 is 11.8 Å². The molecule has 0 saturated carbocycles. The summed E-state index contributed by atoms with van der Waals surface area (Å²) in [6, 6.07) is 1.71. The number of carbonyl (C=O) groups is 2. The molecule has 0 spiro atoms. The van der Waals surface area contributed by atoms with Crippen molar-refractivity contribution >= 4 is 11.8 Å². The van der Waals surface area contributed by atoms with Crippen LogP contribution < -0.4 is 0 Å². The number of nitrogens with zero attached hydrogens (tertiary/aromatic N) is 2. The largest absolute Gasteiger partial charge is 0.269 e. The van der Waals surface area contributed by atoms with E-state index in [1.807, 2.05) is 0 Å². The van der Waals surface area contributed by atoms with Gasteiger partial charge in [-0.2, -0.15) is 5.26 Å². The van der Waals surface area contributed by atoms with Gasteiger partial charge in [0.2, 0.25) is 0 Å². The maximum atomic E-state index is 10.6. The minimum absolute atomic E-state index is 0.162. The highest BCUT2D eigenvalue weighted by atomic mass is 16.2. The Hall–Kier alpha value is -1.63. The van der Waals surface area contributed by atoms with Crippen LogP contribution in [0, 0.1) is 11.3 Å². The van der Waals surface area contributed by atoms with Crippen LogP contribution in [-0.2, 0) is 9.59 Å². The van der Waals surface area contributed by atoms with Gasteiger partial charge in [-0.25, -0.2) is 0 Å². The van der Waals surface area contributed by atoms with Crippen LogP contribution in [-0.4, -0.2) is 23.3 Å². The molecule has 0 N–H and O–H groups in total. The molecule has 1 rings (SSSR count). The summed E-state index contributed by atoms with van der Waals surface area (Å²) in [6.45, 7) is -0.162. The zero-order valence-electron chi connectivity index (χ0n) is 5.07. The van der Waals surface area contributed by atoms with Crippen LogP contribution in [0.3, 0.4) is 0 Å². The van der Waals surface area contributed by atoms with E-state index in [1.165, 1.54) is 0 Å². The number of rotatable bonds is 1. The summed E-state index contributed by atoms with van der Waals surface area (Å²) >= 11 is 0. The Morgan fingerprint density at radius 2 is 1.90 bits per heavy atom. The first-order valence-electron chi connectivity index (χ1n) is 2.66. The number of nitriles is 1. The third kappa shape index (κ3) is 0.890. The zero-order chi connectivity index (χ0) is 7.56. The molecule has 0 unspecified atom stereocenters. The van der Waals surface area contributed by atoms with E-state index >= 15 is 0 Å². The molecule has 0 atom stereocenters. The molecule has 0 fully saturated rings. The van der Waals surface area contributed by atoms with Gasteiger partial charge in [-0.15, -0.1) is 0 Å². The minimum Gasteiger partial charge on any atom is -0.269 e. The summed E-state index contributed by atoms with van der Waals surface area (Å²) in [5.41, 5.74) is 0.